The largest absolute Gasteiger partial charge is 0.418 e. The van der Waals surface area contributed by atoms with E-state index in [4.69, 9.17) is 16.7 Å². The summed E-state index contributed by atoms with van der Waals surface area (Å²) in [5.74, 6) is 0. The molecule has 0 aliphatic carbocycles. The molecule has 2 nitrogen and oxygen atoms in total. The van der Waals surface area contributed by atoms with Gasteiger partial charge < -0.3 is 5.11 Å². The molecule has 0 aromatic carbocycles. The van der Waals surface area contributed by atoms with Crippen molar-refractivity contribution in [3.05, 3.63) is 28.0 Å². The Labute approximate surface area is 89.7 Å². The van der Waals surface area contributed by atoms with Gasteiger partial charge in [0.05, 0.1) is 0 Å². The zero-order valence-electron chi connectivity index (χ0n) is 8.06. The Kier molecular flexibility index (Phi) is 3.25. The van der Waals surface area contributed by atoms with Crippen molar-refractivity contribution >= 4 is 11.6 Å². The standard InChI is InChI=1S/C9H9ClF3NO/c1-4-3-5(2)14-8(10)6(4)7(15)9(11,12)13/h3,7,15H,1-2H3/t7-/m1/s1. The fraction of sp³-hybridized carbons (Fsp3) is 0.444. The molecule has 0 saturated carbocycles. The van der Waals surface area contributed by atoms with Gasteiger partial charge in [0.15, 0.2) is 6.10 Å². The summed E-state index contributed by atoms with van der Waals surface area (Å²) in [6.45, 7) is 3.06. The molecule has 0 aliphatic rings. The smallest absolute Gasteiger partial charge is 0.379 e. The maximum absolute atomic E-state index is 12.3. The van der Waals surface area contributed by atoms with E-state index in [0.29, 0.717) is 5.69 Å². The van der Waals surface area contributed by atoms with Gasteiger partial charge in [0.25, 0.3) is 0 Å². The summed E-state index contributed by atoms with van der Waals surface area (Å²) >= 11 is 5.56. The van der Waals surface area contributed by atoms with E-state index in [1.807, 2.05) is 0 Å². The van der Waals surface area contributed by atoms with Crippen LogP contribution in [0.3, 0.4) is 0 Å². The molecule has 0 bridgehead atoms. The van der Waals surface area contributed by atoms with Crippen molar-refractivity contribution in [2.45, 2.75) is 26.1 Å². The van der Waals surface area contributed by atoms with Crippen LogP contribution in [0, 0.1) is 13.8 Å². The minimum absolute atomic E-state index is 0.275. The highest BCUT2D eigenvalue weighted by molar-refractivity contribution is 6.30. The van der Waals surface area contributed by atoms with Crippen LogP contribution in [0.15, 0.2) is 6.07 Å². The van der Waals surface area contributed by atoms with Crippen LogP contribution in [0.5, 0.6) is 0 Å². The number of pyridine rings is 1. The number of aromatic nitrogens is 1. The zero-order chi connectivity index (χ0) is 11.8. The molecule has 1 rings (SSSR count). The van der Waals surface area contributed by atoms with Gasteiger partial charge in [-0.1, -0.05) is 11.6 Å². The van der Waals surface area contributed by atoms with E-state index in [-0.39, 0.29) is 16.3 Å². The molecule has 1 N–H and O–H groups in total. The van der Waals surface area contributed by atoms with Crippen LogP contribution in [-0.4, -0.2) is 16.3 Å². The lowest BCUT2D eigenvalue weighted by Gasteiger charge is -2.18. The number of hydrogen-bond donors (Lipinski definition) is 1. The highest BCUT2D eigenvalue weighted by Crippen LogP contribution is 2.37. The summed E-state index contributed by atoms with van der Waals surface area (Å²) in [4.78, 5) is 3.67. The summed E-state index contributed by atoms with van der Waals surface area (Å²) in [6.07, 6.45) is -7.32. The number of rotatable bonds is 1. The molecule has 1 aromatic rings. The second kappa shape index (κ2) is 3.98. The summed E-state index contributed by atoms with van der Waals surface area (Å²) in [5.41, 5.74) is 0.405. The minimum atomic E-state index is -4.73. The van der Waals surface area contributed by atoms with Gasteiger partial charge >= 0.3 is 6.18 Å². The van der Waals surface area contributed by atoms with E-state index < -0.39 is 12.3 Å². The van der Waals surface area contributed by atoms with Gasteiger partial charge in [-0.15, -0.1) is 0 Å². The van der Waals surface area contributed by atoms with Crippen molar-refractivity contribution in [3.63, 3.8) is 0 Å². The van der Waals surface area contributed by atoms with Gasteiger partial charge in [-0.25, -0.2) is 4.98 Å². The van der Waals surface area contributed by atoms with E-state index in [9.17, 15) is 13.2 Å². The van der Waals surface area contributed by atoms with Crippen molar-refractivity contribution in [2.24, 2.45) is 0 Å². The molecule has 0 saturated heterocycles. The monoisotopic (exact) mass is 239 g/mol. The van der Waals surface area contributed by atoms with Crippen molar-refractivity contribution in [1.82, 2.24) is 4.98 Å². The lowest BCUT2D eigenvalue weighted by Crippen LogP contribution is -2.22. The molecule has 0 amide bonds. The molecule has 84 valence electrons. The van der Waals surface area contributed by atoms with Crippen LogP contribution in [0.25, 0.3) is 0 Å². The zero-order valence-corrected chi connectivity index (χ0v) is 8.82. The van der Waals surface area contributed by atoms with Crippen LogP contribution in [0.1, 0.15) is 22.9 Å². The third-order valence-corrected chi connectivity index (χ3v) is 2.22. The van der Waals surface area contributed by atoms with E-state index in [1.165, 1.54) is 13.0 Å². The average molecular weight is 240 g/mol. The molecule has 0 aliphatic heterocycles. The molecule has 0 spiro atoms. The van der Waals surface area contributed by atoms with Gasteiger partial charge in [0.1, 0.15) is 5.15 Å². The topological polar surface area (TPSA) is 33.1 Å². The van der Waals surface area contributed by atoms with Gasteiger partial charge in [0.2, 0.25) is 0 Å². The van der Waals surface area contributed by atoms with Crippen molar-refractivity contribution in [2.75, 3.05) is 0 Å². The molecule has 0 radical (unpaired) electrons. The van der Waals surface area contributed by atoms with Gasteiger partial charge in [-0.2, -0.15) is 13.2 Å². The molecular formula is C9H9ClF3NO. The highest BCUT2D eigenvalue weighted by Gasteiger charge is 2.41. The van der Waals surface area contributed by atoms with Crippen LogP contribution in [0.4, 0.5) is 13.2 Å². The Bertz CT molecular complexity index is 355. The Morgan fingerprint density at radius 3 is 2.33 bits per heavy atom. The van der Waals surface area contributed by atoms with E-state index >= 15 is 0 Å². The molecule has 6 heteroatoms. The van der Waals surface area contributed by atoms with E-state index in [2.05, 4.69) is 4.98 Å². The van der Waals surface area contributed by atoms with Crippen LogP contribution >= 0.6 is 11.6 Å². The number of halogens is 4. The quantitative estimate of drug-likeness (QED) is 0.765. The van der Waals surface area contributed by atoms with Gasteiger partial charge in [0, 0.05) is 11.3 Å². The minimum Gasteiger partial charge on any atom is -0.379 e. The number of nitrogens with zero attached hydrogens (tertiary/aromatic N) is 1. The number of alkyl halides is 3. The van der Waals surface area contributed by atoms with Crippen LogP contribution < -0.4 is 0 Å². The maximum atomic E-state index is 12.3. The molecule has 0 unspecified atom stereocenters. The normalized spacial score (nSPS) is 14.1. The molecular weight excluding hydrogens is 231 g/mol. The van der Waals surface area contributed by atoms with E-state index in [0.717, 1.165) is 0 Å². The number of aliphatic hydroxyl groups excluding tert-OH is 1. The second-order valence-corrected chi connectivity index (χ2v) is 3.59. The first kappa shape index (κ1) is 12.3. The molecule has 1 heterocycles. The number of aliphatic hydroxyl groups is 1. The third-order valence-electron chi connectivity index (χ3n) is 1.93. The third kappa shape index (κ3) is 2.60. The average Bonchev–Trinajstić information content (AvgIpc) is 1.99. The van der Waals surface area contributed by atoms with Crippen LogP contribution in [0.2, 0.25) is 5.15 Å². The summed E-state index contributed by atoms with van der Waals surface area (Å²) in [5, 5.41) is 8.75. The predicted octanol–water partition coefficient (Wildman–Crippen LogP) is 2.95. The molecule has 15 heavy (non-hydrogen) atoms. The first-order valence-corrected chi connectivity index (χ1v) is 4.49. The Morgan fingerprint density at radius 1 is 1.40 bits per heavy atom. The summed E-state index contributed by atoms with van der Waals surface area (Å²) in [7, 11) is 0. The summed E-state index contributed by atoms with van der Waals surface area (Å²) in [6, 6.07) is 1.44. The van der Waals surface area contributed by atoms with Gasteiger partial charge in [-0.05, 0) is 25.5 Å². The SMILES string of the molecule is Cc1cc(C)c([C@@H](O)C(F)(F)F)c(Cl)n1. The molecule has 1 atom stereocenters. The van der Waals surface area contributed by atoms with Crippen LogP contribution in [-0.2, 0) is 0 Å². The number of aryl methyl sites for hydroxylation is 2. The fourth-order valence-corrected chi connectivity index (χ4v) is 1.68. The first-order chi connectivity index (χ1) is 6.73. The van der Waals surface area contributed by atoms with Crippen molar-refractivity contribution in [3.8, 4) is 0 Å². The predicted molar refractivity (Wildman–Crippen MR) is 49.7 cm³/mol. The lowest BCUT2D eigenvalue weighted by molar-refractivity contribution is -0.207. The Balaban J connectivity index is 3.26. The second-order valence-electron chi connectivity index (χ2n) is 3.23. The Hall–Kier alpha value is -0.810. The van der Waals surface area contributed by atoms with Gasteiger partial charge in [-0.3, -0.25) is 0 Å². The molecule has 0 fully saturated rings. The first-order valence-electron chi connectivity index (χ1n) is 4.12. The highest BCUT2D eigenvalue weighted by atomic mass is 35.5. The van der Waals surface area contributed by atoms with E-state index in [1.54, 1.807) is 6.92 Å². The lowest BCUT2D eigenvalue weighted by atomic mass is 10.1. The maximum Gasteiger partial charge on any atom is 0.418 e. The number of hydrogen-bond acceptors (Lipinski definition) is 2. The van der Waals surface area contributed by atoms with Crippen molar-refractivity contribution in [1.29, 1.82) is 0 Å². The summed E-state index contributed by atoms with van der Waals surface area (Å²) < 4.78 is 36.8. The fourth-order valence-electron chi connectivity index (χ4n) is 1.29. The Morgan fingerprint density at radius 2 is 1.93 bits per heavy atom. The van der Waals surface area contributed by atoms with Crippen molar-refractivity contribution < 1.29 is 18.3 Å². The molecule has 1 aromatic heterocycles.